The predicted molar refractivity (Wildman–Crippen MR) is 101 cm³/mol. The van der Waals surface area contributed by atoms with E-state index in [1.165, 1.54) is 11.4 Å². The minimum Gasteiger partial charge on any atom is -0.469 e. The van der Waals surface area contributed by atoms with E-state index in [1.54, 1.807) is 29.2 Å². The number of benzene rings is 1. The fraction of sp³-hybridized carbons (Fsp3) is 0.579. The Morgan fingerprint density at radius 3 is 2.19 bits per heavy atom. The summed E-state index contributed by atoms with van der Waals surface area (Å²) in [5.41, 5.74) is 1.22. The summed E-state index contributed by atoms with van der Waals surface area (Å²) < 4.78 is 31.1. The zero-order valence-electron chi connectivity index (χ0n) is 15.6. The van der Waals surface area contributed by atoms with Gasteiger partial charge in [0.15, 0.2) is 0 Å². The number of likely N-dealkylation sites (tertiary alicyclic amines) is 1. The molecule has 2 aliphatic rings. The molecule has 148 valence electrons. The molecule has 8 heteroatoms. The van der Waals surface area contributed by atoms with Crippen molar-refractivity contribution < 1.29 is 22.7 Å². The van der Waals surface area contributed by atoms with Crippen molar-refractivity contribution in [1.82, 2.24) is 9.21 Å². The van der Waals surface area contributed by atoms with Crippen molar-refractivity contribution in [2.45, 2.75) is 31.4 Å². The Morgan fingerprint density at radius 1 is 1.04 bits per heavy atom. The first kappa shape index (κ1) is 19.8. The minimum atomic E-state index is -3.29. The lowest BCUT2D eigenvalue weighted by Gasteiger charge is -2.30. The van der Waals surface area contributed by atoms with Crippen LogP contribution in [-0.4, -0.2) is 62.8 Å². The van der Waals surface area contributed by atoms with Gasteiger partial charge in [0.1, 0.15) is 0 Å². The molecule has 1 aromatic rings. The molecule has 2 fully saturated rings. The molecule has 0 spiro atoms. The van der Waals surface area contributed by atoms with E-state index in [1.807, 2.05) is 0 Å². The number of hydrogen-bond donors (Lipinski definition) is 0. The number of esters is 1. The molecule has 0 N–H and O–H groups in total. The van der Waals surface area contributed by atoms with E-state index in [4.69, 9.17) is 4.74 Å². The smallest absolute Gasteiger partial charge is 0.308 e. The van der Waals surface area contributed by atoms with Gasteiger partial charge in [0.05, 0.1) is 18.8 Å². The van der Waals surface area contributed by atoms with Crippen LogP contribution in [0.25, 0.3) is 0 Å². The van der Waals surface area contributed by atoms with Crippen molar-refractivity contribution in [2.75, 3.05) is 33.3 Å². The van der Waals surface area contributed by atoms with Gasteiger partial charge < -0.3 is 9.64 Å². The average Bonchev–Trinajstić information content (AvgIpc) is 3.23. The van der Waals surface area contributed by atoms with Gasteiger partial charge in [0.2, 0.25) is 10.0 Å². The number of methoxy groups -OCH3 is 1. The molecule has 0 aromatic heterocycles. The van der Waals surface area contributed by atoms with E-state index in [0.717, 1.165) is 12.8 Å². The summed E-state index contributed by atoms with van der Waals surface area (Å²) in [5, 5.41) is 0. The van der Waals surface area contributed by atoms with Gasteiger partial charge in [-0.1, -0.05) is 12.1 Å². The van der Waals surface area contributed by atoms with Gasteiger partial charge in [-0.15, -0.1) is 0 Å². The van der Waals surface area contributed by atoms with Gasteiger partial charge in [-0.05, 0) is 43.4 Å². The Hall–Kier alpha value is -1.93. The van der Waals surface area contributed by atoms with Gasteiger partial charge in [0, 0.05) is 31.7 Å². The second-order valence-electron chi connectivity index (χ2n) is 7.15. The maximum absolute atomic E-state index is 12.6. The second kappa shape index (κ2) is 8.39. The molecule has 1 aromatic carbocycles. The van der Waals surface area contributed by atoms with Crippen molar-refractivity contribution in [3.05, 3.63) is 35.4 Å². The third-order valence-electron chi connectivity index (χ3n) is 5.33. The summed E-state index contributed by atoms with van der Waals surface area (Å²) in [5.74, 6) is -0.485. The SMILES string of the molecule is COC(=O)C1CCN(C(=O)c2ccc(CS(=O)(=O)N3CCCC3)cc2)CC1. The number of rotatable bonds is 5. The van der Waals surface area contributed by atoms with Crippen LogP contribution in [0.1, 0.15) is 41.6 Å². The first-order valence-electron chi connectivity index (χ1n) is 9.34. The van der Waals surface area contributed by atoms with Crippen LogP contribution in [0.3, 0.4) is 0 Å². The minimum absolute atomic E-state index is 0.0357. The molecule has 7 nitrogen and oxygen atoms in total. The summed E-state index contributed by atoms with van der Waals surface area (Å²) in [6, 6.07) is 6.79. The predicted octanol–water partition coefficient (Wildman–Crippen LogP) is 1.64. The van der Waals surface area contributed by atoms with E-state index in [9.17, 15) is 18.0 Å². The van der Waals surface area contributed by atoms with E-state index >= 15 is 0 Å². The fourth-order valence-electron chi connectivity index (χ4n) is 3.68. The van der Waals surface area contributed by atoms with Crippen LogP contribution < -0.4 is 0 Å². The lowest BCUT2D eigenvalue weighted by Crippen LogP contribution is -2.40. The summed E-state index contributed by atoms with van der Waals surface area (Å²) in [6.45, 7) is 2.23. The quantitative estimate of drug-likeness (QED) is 0.709. The van der Waals surface area contributed by atoms with Crippen LogP contribution in [0.5, 0.6) is 0 Å². The Morgan fingerprint density at radius 2 is 1.63 bits per heavy atom. The van der Waals surface area contributed by atoms with Crippen LogP contribution in [0.4, 0.5) is 0 Å². The lowest BCUT2D eigenvalue weighted by atomic mass is 9.96. The molecule has 2 heterocycles. The Kier molecular flexibility index (Phi) is 6.16. The standard InChI is InChI=1S/C19H26N2O5S/c1-26-19(23)17-8-12-20(13-9-17)18(22)16-6-4-15(5-7-16)14-27(24,25)21-10-2-3-11-21/h4-7,17H,2-3,8-14H2,1H3. The molecule has 0 atom stereocenters. The Balaban J connectivity index is 1.58. The zero-order valence-corrected chi connectivity index (χ0v) is 16.4. The van der Waals surface area contributed by atoms with Crippen LogP contribution in [0.15, 0.2) is 24.3 Å². The van der Waals surface area contributed by atoms with Crippen molar-refractivity contribution in [3.8, 4) is 0 Å². The number of piperidine rings is 1. The number of hydrogen-bond acceptors (Lipinski definition) is 5. The van der Waals surface area contributed by atoms with Crippen LogP contribution >= 0.6 is 0 Å². The number of amides is 1. The number of carbonyl (C=O) groups excluding carboxylic acids is 2. The van der Waals surface area contributed by atoms with Gasteiger partial charge in [-0.3, -0.25) is 9.59 Å². The molecule has 0 radical (unpaired) electrons. The second-order valence-corrected chi connectivity index (χ2v) is 9.12. The average molecular weight is 394 g/mol. The fourth-order valence-corrected chi connectivity index (χ4v) is 5.29. The van der Waals surface area contributed by atoms with Gasteiger partial charge in [-0.2, -0.15) is 0 Å². The first-order valence-corrected chi connectivity index (χ1v) is 11.0. The van der Waals surface area contributed by atoms with Gasteiger partial charge in [-0.25, -0.2) is 12.7 Å². The molecule has 2 aliphatic heterocycles. The Labute approximate surface area is 160 Å². The largest absolute Gasteiger partial charge is 0.469 e. The maximum Gasteiger partial charge on any atom is 0.308 e. The lowest BCUT2D eigenvalue weighted by molar-refractivity contribution is -0.146. The van der Waals surface area contributed by atoms with Crippen molar-refractivity contribution in [3.63, 3.8) is 0 Å². The normalized spacial score (nSPS) is 19.2. The van der Waals surface area contributed by atoms with Gasteiger partial charge in [0.25, 0.3) is 5.91 Å². The van der Waals surface area contributed by atoms with Gasteiger partial charge >= 0.3 is 5.97 Å². The van der Waals surface area contributed by atoms with E-state index in [0.29, 0.717) is 50.1 Å². The van der Waals surface area contributed by atoms with E-state index in [-0.39, 0.29) is 23.5 Å². The summed E-state index contributed by atoms with van der Waals surface area (Å²) in [7, 11) is -1.91. The molecule has 0 unspecified atom stereocenters. The molecule has 27 heavy (non-hydrogen) atoms. The van der Waals surface area contributed by atoms with Crippen molar-refractivity contribution in [2.24, 2.45) is 5.92 Å². The highest BCUT2D eigenvalue weighted by atomic mass is 32.2. The van der Waals surface area contributed by atoms with Crippen LogP contribution in [0.2, 0.25) is 0 Å². The summed E-state index contributed by atoms with van der Waals surface area (Å²) in [6.07, 6.45) is 3.04. The molecule has 2 saturated heterocycles. The van der Waals surface area contributed by atoms with Crippen molar-refractivity contribution in [1.29, 1.82) is 0 Å². The molecule has 0 aliphatic carbocycles. The number of nitrogens with zero attached hydrogens (tertiary/aromatic N) is 2. The molecule has 1 amide bonds. The maximum atomic E-state index is 12.6. The molecule has 0 saturated carbocycles. The monoisotopic (exact) mass is 394 g/mol. The Bertz CT molecular complexity index is 777. The molecule has 0 bridgehead atoms. The van der Waals surface area contributed by atoms with E-state index in [2.05, 4.69) is 0 Å². The number of ether oxygens (including phenoxy) is 1. The molecular weight excluding hydrogens is 368 g/mol. The third kappa shape index (κ3) is 4.68. The molecular formula is C19H26N2O5S. The number of carbonyl (C=O) groups is 2. The zero-order chi connectivity index (χ0) is 19.4. The highest BCUT2D eigenvalue weighted by molar-refractivity contribution is 7.88. The third-order valence-corrected chi connectivity index (χ3v) is 7.18. The first-order chi connectivity index (χ1) is 12.9. The van der Waals surface area contributed by atoms with Crippen LogP contribution in [-0.2, 0) is 25.3 Å². The summed E-state index contributed by atoms with van der Waals surface area (Å²) >= 11 is 0. The number of sulfonamides is 1. The van der Waals surface area contributed by atoms with Crippen LogP contribution in [0, 0.1) is 5.92 Å². The highest BCUT2D eigenvalue weighted by Gasteiger charge is 2.29. The summed E-state index contributed by atoms with van der Waals surface area (Å²) in [4.78, 5) is 25.9. The molecule has 3 rings (SSSR count). The van der Waals surface area contributed by atoms with E-state index < -0.39 is 10.0 Å². The topological polar surface area (TPSA) is 84.0 Å². The highest BCUT2D eigenvalue weighted by Crippen LogP contribution is 2.21. The van der Waals surface area contributed by atoms with Crippen molar-refractivity contribution >= 4 is 21.9 Å².